The Morgan fingerprint density at radius 1 is 0.370 bits per heavy atom. The van der Waals surface area contributed by atoms with Gasteiger partial charge in [-0.1, -0.05) is 271 Å². The highest BCUT2D eigenvalue weighted by molar-refractivity contribution is 5.80. The van der Waals surface area contributed by atoms with Gasteiger partial charge in [0.05, 0.1) is 18.8 Å². The second-order valence-corrected chi connectivity index (χ2v) is 17.4. The quantitative estimate of drug-likeness (QED) is 0.0465. The first-order chi connectivity index (χ1) is 26.6. The summed E-state index contributed by atoms with van der Waals surface area (Å²) in [4.78, 5) is 12.5. The predicted octanol–water partition coefficient (Wildman–Crippen LogP) is 14.6. The summed E-state index contributed by atoms with van der Waals surface area (Å²) in [5, 5.41) is 33.4. The van der Waals surface area contributed by atoms with Gasteiger partial charge in [0.25, 0.3) is 0 Å². The molecule has 0 saturated carbocycles. The van der Waals surface area contributed by atoms with Crippen LogP contribution < -0.4 is 5.32 Å². The van der Waals surface area contributed by atoms with E-state index in [1.165, 1.54) is 225 Å². The third-order valence-corrected chi connectivity index (χ3v) is 12.0. The predicted molar refractivity (Wildman–Crippen MR) is 236 cm³/mol. The molecule has 0 bridgehead atoms. The van der Waals surface area contributed by atoms with E-state index in [2.05, 4.69) is 19.2 Å². The zero-order valence-corrected chi connectivity index (χ0v) is 36.9. The lowest BCUT2D eigenvalue weighted by Crippen LogP contribution is -2.49. The molecule has 0 fully saturated rings. The van der Waals surface area contributed by atoms with Gasteiger partial charge in [-0.05, 0) is 12.8 Å². The van der Waals surface area contributed by atoms with Crippen LogP contribution in [0.3, 0.4) is 0 Å². The standard InChI is InChI=1S/C49H99NO4/c1-3-5-7-9-11-13-15-17-19-20-21-22-23-24-25-26-27-28-29-30-32-34-36-38-40-42-44-48(53)49(54)50-46(45-51)47(52)43-41-39-37-35-33-31-18-16-14-12-10-8-6-4-2/h46-48,51-53H,3-45H2,1-2H3,(H,50,54). The zero-order valence-electron chi connectivity index (χ0n) is 36.9. The van der Waals surface area contributed by atoms with Crippen molar-refractivity contribution in [1.29, 1.82) is 0 Å². The molecular formula is C49H99NO4. The Bertz CT molecular complexity index is 718. The molecular weight excluding hydrogens is 667 g/mol. The molecule has 0 aromatic carbocycles. The molecule has 0 heterocycles. The molecule has 324 valence electrons. The molecule has 4 N–H and O–H groups in total. The Hall–Kier alpha value is -0.650. The van der Waals surface area contributed by atoms with Crippen molar-refractivity contribution >= 4 is 5.91 Å². The van der Waals surface area contributed by atoms with Gasteiger partial charge in [-0.25, -0.2) is 0 Å². The minimum atomic E-state index is -1.07. The van der Waals surface area contributed by atoms with Crippen molar-refractivity contribution in [3.05, 3.63) is 0 Å². The summed E-state index contributed by atoms with van der Waals surface area (Å²) in [6.07, 6.45) is 52.7. The maximum absolute atomic E-state index is 12.5. The van der Waals surface area contributed by atoms with Crippen LogP contribution in [-0.2, 0) is 4.79 Å². The normalized spacial score (nSPS) is 13.4. The smallest absolute Gasteiger partial charge is 0.249 e. The third kappa shape index (κ3) is 39.6. The number of hydrogen-bond donors (Lipinski definition) is 4. The second-order valence-electron chi connectivity index (χ2n) is 17.4. The van der Waals surface area contributed by atoms with E-state index < -0.39 is 24.2 Å². The summed E-state index contributed by atoms with van der Waals surface area (Å²) in [5.74, 6) is -0.464. The fourth-order valence-electron chi connectivity index (χ4n) is 8.08. The molecule has 0 aliphatic rings. The van der Waals surface area contributed by atoms with Crippen LogP contribution in [-0.4, -0.2) is 46.1 Å². The van der Waals surface area contributed by atoms with E-state index in [4.69, 9.17) is 0 Å². The number of aliphatic hydroxyl groups excluding tert-OH is 3. The van der Waals surface area contributed by atoms with Crippen LogP contribution in [0, 0.1) is 0 Å². The summed E-state index contributed by atoms with van der Waals surface area (Å²) in [7, 11) is 0. The highest BCUT2D eigenvalue weighted by Crippen LogP contribution is 2.18. The Kier molecular flexibility index (Phi) is 44.5. The van der Waals surface area contributed by atoms with Gasteiger partial charge in [-0.15, -0.1) is 0 Å². The maximum Gasteiger partial charge on any atom is 0.249 e. The third-order valence-electron chi connectivity index (χ3n) is 12.0. The van der Waals surface area contributed by atoms with E-state index in [9.17, 15) is 20.1 Å². The fourth-order valence-corrected chi connectivity index (χ4v) is 8.08. The molecule has 3 atom stereocenters. The summed E-state index contributed by atoms with van der Waals surface area (Å²) < 4.78 is 0. The average molecular weight is 766 g/mol. The van der Waals surface area contributed by atoms with Crippen LogP contribution in [0.4, 0.5) is 0 Å². The van der Waals surface area contributed by atoms with Crippen LogP contribution in [0.2, 0.25) is 0 Å². The molecule has 54 heavy (non-hydrogen) atoms. The van der Waals surface area contributed by atoms with Crippen molar-refractivity contribution in [3.63, 3.8) is 0 Å². The van der Waals surface area contributed by atoms with Gasteiger partial charge in [0.1, 0.15) is 6.10 Å². The van der Waals surface area contributed by atoms with E-state index in [0.717, 1.165) is 32.1 Å². The van der Waals surface area contributed by atoms with Gasteiger partial charge in [-0.2, -0.15) is 0 Å². The summed E-state index contributed by atoms with van der Waals surface area (Å²) >= 11 is 0. The Labute approximate surface area is 338 Å². The van der Waals surface area contributed by atoms with E-state index in [-0.39, 0.29) is 6.61 Å². The van der Waals surface area contributed by atoms with Crippen molar-refractivity contribution in [2.24, 2.45) is 0 Å². The molecule has 1 amide bonds. The van der Waals surface area contributed by atoms with Crippen LogP contribution in [0.1, 0.15) is 284 Å². The summed E-state index contributed by atoms with van der Waals surface area (Å²) in [6.45, 7) is 4.26. The lowest BCUT2D eigenvalue weighted by molar-refractivity contribution is -0.131. The molecule has 5 heteroatoms. The Morgan fingerprint density at radius 2 is 0.593 bits per heavy atom. The van der Waals surface area contributed by atoms with Gasteiger partial charge in [0.15, 0.2) is 0 Å². The fraction of sp³-hybridized carbons (Fsp3) is 0.980. The number of rotatable bonds is 46. The van der Waals surface area contributed by atoms with Gasteiger partial charge < -0.3 is 20.6 Å². The van der Waals surface area contributed by atoms with E-state index in [1.807, 2.05) is 0 Å². The van der Waals surface area contributed by atoms with Crippen molar-refractivity contribution in [3.8, 4) is 0 Å². The molecule has 3 unspecified atom stereocenters. The van der Waals surface area contributed by atoms with E-state index in [0.29, 0.717) is 12.8 Å². The van der Waals surface area contributed by atoms with Crippen molar-refractivity contribution in [1.82, 2.24) is 5.32 Å². The van der Waals surface area contributed by atoms with Crippen LogP contribution in [0.5, 0.6) is 0 Å². The highest BCUT2D eigenvalue weighted by Gasteiger charge is 2.23. The van der Waals surface area contributed by atoms with Gasteiger partial charge in [0.2, 0.25) is 5.91 Å². The maximum atomic E-state index is 12.5. The van der Waals surface area contributed by atoms with Gasteiger partial charge in [-0.3, -0.25) is 4.79 Å². The van der Waals surface area contributed by atoms with Gasteiger partial charge >= 0.3 is 0 Å². The molecule has 0 radical (unpaired) electrons. The lowest BCUT2D eigenvalue weighted by atomic mass is 10.0. The van der Waals surface area contributed by atoms with E-state index in [1.54, 1.807) is 0 Å². The van der Waals surface area contributed by atoms with Crippen molar-refractivity contribution < 1.29 is 20.1 Å². The zero-order chi connectivity index (χ0) is 39.4. The Morgan fingerprint density at radius 3 is 0.833 bits per heavy atom. The molecule has 0 aliphatic heterocycles. The summed E-state index contributed by atoms with van der Waals surface area (Å²) in [5.41, 5.74) is 0. The highest BCUT2D eigenvalue weighted by atomic mass is 16.3. The molecule has 0 saturated heterocycles. The molecule has 0 aromatic heterocycles. The molecule has 0 rings (SSSR count). The minimum absolute atomic E-state index is 0.308. The average Bonchev–Trinajstić information content (AvgIpc) is 3.18. The number of hydrogen-bond acceptors (Lipinski definition) is 4. The van der Waals surface area contributed by atoms with Crippen LogP contribution >= 0.6 is 0 Å². The number of carbonyl (C=O) groups excluding carboxylic acids is 1. The largest absolute Gasteiger partial charge is 0.394 e. The SMILES string of the molecule is CCCCCCCCCCCCCCCCCCCCCCCCCCCCC(O)C(=O)NC(CO)C(O)CCCCCCCCCCCCCCCC. The first-order valence-corrected chi connectivity index (χ1v) is 24.8. The summed E-state index contributed by atoms with van der Waals surface area (Å²) in [6, 6.07) is -0.706. The minimum Gasteiger partial charge on any atom is -0.394 e. The topological polar surface area (TPSA) is 89.8 Å². The molecule has 0 spiro atoms. The van der Waals surface area contributed by atoms with Gasteiger partial charge in [0, 0.05) is 0 Å². The first kappa shape index (κ1) is 53.4. The molecule has 0 aromatic rings. The number of unbranched alkanes of at least 4 members (excludes halogenated alkanes) is 38. The number of nitrogens with one attached hydrogen (secondary N) is 1. The lowest BCUT2D eigenvalue weighted by Gasteiger charge is -2.23. The van der Waals surface area contributed by atoms with Crippen molar-refractivity contribution in [2.45, 2.75) is 302 Å². The number of amides is 1. The van der Waals surface area contributed by atoms with Crippen LogP contribution in [0.25, 0.3) is 0 Å². The molecule has 0 aliphatic carbocycles. The Balaban J connectivity index is 3.49. The first-order valence-electron chi connectivity index (χ1n) is 24.8. The van der Waals surface area contributed by atoms with Crippen molar-refractivity contribution in [2.75, 3.05) is 6.61 Å². The van der Waals surface area contributed by atoms with Crippen LogP contribution in [0.15, 0.2) is 0 Å². The number of aliphatic hydroxyl groups is 3. The molecule has 5 nitrogen and oxygen atoms in total. The second kappa shape index (κ2) is 45.1. The number of carbonyl (C=O) groups is 1. The monoisotopic (exact) mass is 766 g/mol. The van der Waals surface area contributed by atoms with E-state index >= 15 is 0 Å².